The first-order chi connectivity index (χ1) is 4.74. The Morgan fingerprint density at radius 2 is 2.20 bits per heavy atom. The van der Waals surface area contributed by atoms with E-state index in [1.165, 1.54) is 18.2 Å². The largest absolute Gasteiger partial charge is 0.488 e. The standard InChI is InChI=1S/C7H5ClFO/c1-10-7-3-2-5(9)4-6(7)8/h2-4H,1H2. The molecule has 0 unspecified atom stereocenters. The molecule has 3 heteroatoms. The maximum Gasteiger partial charge on any atom is 0.138 e. The van der Waals surface area contributed by atoms with Crippen LogP contribution in [0.2, 0.25) is 5.02 Å². The number of hydrogen-bond donors (Lipinski definition) is 0. The minimum absolute atomic E-state index is 0.231. The molecule has 0 aromatic heterocycles. The first-order valence-corrected chi connectivity index (χ1v) is 2.99. The van der Waals surface area contributed by atoms with Crippen molar-refractivity contribution in [3.05, 3.63) is 36.1 Å². The zero-order valence-electron chi connectivity index (χ0n) is 5.10. The van der Waals surface area contributed by atoms with Crippen LogP contribution in [0.5, 0.6) is 5.75 Å². The maximum absolute atomic E-state index is 12.3. The number of benzene rings is 1. The van der Waals surface area contributed by atoms with Crippen LogP contribution in [0.3, 0.4) is 0 Å². The highest BCUT2D eigenvalue weighted by molar-refractivity contribution is 6.32. The first-order valence-electron chi connectivity index (χ1n) is 2.61. The van der Waals surface area contributed by atoms with Crippen LogP contribution in [0, 0.1) is 12.9 Å². The molecule has 0 aliphatic rings. The average Bonchev–Trinajstić information content (AvgIpc) is 1.88. The fraction of sp³-hybridized carbons (Fsp3) is 0. The Bertz CT molecular complexity index is 237. The van der Waals surface area contributed by atoms with Gasteiger partial charge < -0.3 is 4.74 Å². The Labute approximate surface area is 63.4 Å². The summed E-state index contributed by atoms with van der Waals surface area (Å²) in [4.78, 5) is 0. The molecule has 1 nitrogen and oxygen atoms in total. The van der Waals surface area contributed by atoms with Gasteiger partial charge in [-0.1, -0.05) is 11.6 Å². The number of hydrogen-bond acceptors (Lipinski definition) is 1. The monoisotopic (exact) mass is 159 g/mol. The van der Waals surface area contributed by atoms with Crippen molar-refractivity contribution in [2.24, 2.45) is 0 Å². The Kier molecular flexibility index (Phi) is 2.12. The second-order valence-corrected chi connectivity index (χ2v) is 2.13. The summed E-state index contributed by atoms with van der Waals surface area (Å²) in [6.45, 7) is 0. The molecule has 1 aromatic carbocycles. The summed E-state index contributed by atoms with van der Waals surface area (Å²) < 4.78 is 16.9. The molecule has 0 fully saturated rings. The van der Waals surface area contributed by atoms with E-state index < -0.39 is 0 Å². The molecule has 0 aliphatic heterocycles. The van der Waals surface area contributed by atoms with Gasteiger partial charge in [-0.3, -0.25) is 0 Å². The van der Waals surface area contributed by atoms with Crippen molar-refractivity contribution in [1.29, 1.82) is 0 Å². The second kappa shape index (κ2) is 2.88. The summed E-state index contributed by atoms with van der Waals surface area (Å²) in [5, 5.41) is 0.231. The van der Waals surface area contributed by atoms with Crippen molar-refractivity contribution in [2.75, 3.05) is 0 Å². The third-order valence-electron chi connectivity index (χ3n) is 1.05. The zero-order valence-corrected chi connectivity index (χ0v) is 5.86. The number of rotatable bonds is 1. The van der Waals surface area contributed by atoms with Gasteiger partial charge in [0.1, 0.15) is 18.7 Å². The minimum atomic E-state index is -0.384. The lowest BCUT2D eigenvalue weighted by Gasteiger charge is -1.99. The van der Waals surface area contributed by atoms with E-state index in [1.807, 2.05) is 0 Å². The van der Waals surface area contributed by atoms with E-state index in [0.29, 0.717) is 5.75 Å². The fourth-order valence-electron chi connectivity index (χ4n) is 0.592. The minimum Gasteiger partial charge on any atom is -0.488 e. The lowest BCUT2D eigenvalue weighted by atomic mass is 10.3. The molecule has 53 valence electrons. The number of ether oxygens (including phenoxy) is 1. The predicted octanol–water partition coefficient (Wildman–Crippen LogP) is 2.65. The van der Waals surface area contributed by atoms with E-state index in [2.05, 4.69) is 11.8 Å². The molecular formula is C7H5ClFO. The van der Waals surface area contributed by atoms with Crippen molar-refractivity contribution in [1.82, 2.24) is 0 Å². The molecule has 0 amide bonds. The van der Waals surface area contributed by atoms with Crippen LogP contribution in [-0.4, -0.2) is 0 Å². The van der Waals surface area contributed by atoms with E-state index in [4.69, 9.17) is 11.6 Å². The highest BCUT2D eigenvalue weighted by Gasteiger charge is 1.99. The molecule has 1 radical (unpaired) electrons. The highest BCUT2D eigenvalue weighted by atomic mass is 35.5. The maximum atomic E-state index is 12.3. The van der Waals surface area contributed by atoms with Crippen molar-refractivity contribution in [3.63, 3.8) is 0 Å². The summed E-state index contributed by atoms with van der Waals surface area (Å²) in [7, 11) is 3.14. The van der Waals surface area contributed by atoms with Crippen molar-refractivity contribution in [2.45, 2.75) is 0 Å². The lowest BCUT2D eigenvalue weighted by molar-refractivity contribution is 0.471. The van der Waals surface area contributed by atoms with Gasteiger partial charge in [-0.15, -0.1) is 0 Å². The fourth-order valence-corrected chi connectivity index (χ4v) is 0.814. The molecule has 0 saturated heterocycles. The summed E-state index contributed by atoms with van der Waals surface area (Å²) in [5.41, 5.74) is 0. The molecule has 0 bridgehead atoms. The van der Waals surface area contributed by atoms with Gasteiger partial charge >= 0.3 is 0 Å². The van der Waals surface area contributed by atoms with Gasteiger partial charge in [0.15, 0.2) is 0 Å². The van der Waals surface area contributed by atoms with Gasteiger partial charge in [0.2, 0.25) is 0 Å². The van der Waals surface area contributed by atoms with E-state index >= 15 is 0 Å². The van der Waals surface area contributed by atoms with Crippen LogP contribution >= 0.6 is 11.6 Å². The van der Waals surface area contributed by atoms with Crippen LogP contribution in [0.1, 0.15) is 0 Å². The molecule has 1 rings (SSSR count). The Morgan fingerprint density at radius 3 is 2.70 bits per heavy atom. The first kappa shape index (κ1) is 7.35. The van der Waals surface area contributed by atoms with Gasteiger partial charge in [0.05, 0.1) is 5.02 Å². The summed E-state index contributed by atoms with van der Waals surface area (Å²) in [6, 6.07) is 3.85. The van der Waals surface area contributed by atoms with Crippen LogP contribution in [0.4, 0.5) is 4.39 Å². The topological polar surface area (TPSA) is 9.23 Å². The molecule has 0 saturated carbocycles. The van der Waals surface area contributed by atoms with Crippen LogP contribution in [0.15, 0.2) is 18.2 Å². The summed E-state index contributed by atoms with van der Waals surface area (Å²) in [5.74, 6) is -0.00568. The SMILES string of the molecule is [CH2]Oc1ccc(F)cc1Cl. The molecule has 0 heterocycles. The van der Waals surface area contributed by atoms with Gasteiger partial charge in [-0.25, -0.2) is 4.39 Å². The van der Waals surface area contributed by atoms with Gasteiger partial charge in [0.25, 0.3) is 0 Å². The van der Waals surface area contributed by atoms with Crippen LogP contribution in [-0.2, 0) is 0 Å². The summed E-state index contributed by atoms with van der Waals surface area (Å²) in [6.07, 6.45) is 0. The quantitative estimate of drug-likeness (QED) is 0.612. The predicted molar refractivity (Wildman–Crippen MR) is 37.4 cm³/mol. The second-order valence-electron chi connectivity index (χ2n) is 1.72. The Balaban J connectivity index is 3.07. The third-order valence-corrected chi connectivity index (χ3v) is 1.34. The Hall–Kier alpha value is -0.760. The smallest absolute Gasteiger partial charge is 0.138 e. The highest BCUT2D eigenvalue weighted by Crippen LogP contribution is 2.24. The van der Waals surface area contributed by atoms with Crippen molar-refractivity contribution < 1.29 is 9.13 Å². The van der Waals surface area contributed by atoms with E-state index in [0.717, 1.165) is 0 Å². The van der Waals surface area contributed by atoms with E-state index in [-0.39, 0.29) is 10.8 Å². The molecule has 0 spiro atoms. The van der Waals surface area contributed by atoms with Gasteiger partial charge in [-0.05, 0) is 18.2 Å². The molecule has 10 heavy (non-hydrogen) atoms. The molecular weight excluding hydrogens is 155 g/mol. The van der Waals surface area contributed by atoms with Crippen molar-refractivity contribution >= 4 is 11.6 Å². The van der Waals surface area contributed by atoms with E-state index in [1.54, 1.807) is 0 Å². The lowest BCUT2D eigenvalue weighted by Crippen LogP contribution is -1.81. The molecule has 0 aliphatic carbocycles. The molecule has 0 atom stereocenters. The van der Waals surface area contributed by atoms with Crippen LogP contribution < -0.4 is 4.74 Å². The molecule has 0 N–H and O–H groups in total. The average molecular weight is 160 g/mol. The van der Waals surface area contributed by atoms with Crippen molar-refractivity contribution in [3.8, 4) is 5.75 Å². The Morgan fingerprint density at radius 1 is 1.50 bits per heavy atom. The number of halogens is 2. The third kappa shape index (κ3) is 1.39. The van der Waals surface area contributed by atoms with Crippen LogP contribution in [0.25, 0.3) is 0 Å². The normalized spacial score (nSPS) is 9.50. The van der Waals surface area contributed by atoms with Gasteiger partial charge in [0, 0.05) is 0 Å². The zero-order chi connectivity index (χ0) is 7.56. The van der Waals surface area contributed by atoms with Gasteiger partial charge in [-0.2, -0.15) is 0 Å². The van der Waals surface area contributed by atoms with E-state index in [9.17, 15) is 4.39 Å². The summed E-state index contributed by atoms with van der Waals surface area (Å²) >= 11 is 5.52. The molecule has 1 aromatic rings.